The van der Waals surface area contributed by atoms with Crippen molar-refractivity contribution in [2.45, 2.75) is 39.7 Å². The number of carbonyl (C=O) groups is 2. The molecular weight excluding hydrogens is 254 g/mol. The first-order valence-electron chi connectivity index (χ1n) is 6.97. The van der Waals surface area contributed by atoms with E-state index >= 15 is 0 Å². The molecule has 0 aliphatic carbocycles. The number of nitrogens with one attached hydrogen (secondary N) is 1. The summed E-state index contributed by atoms with van der Waals surface area (Å²) in [4.78, 5) is 23.2. The minimum absolute atomic E-state index is 0.207. The van der Waals surface area contributed by atoms with E-state index < -0.39 is 12.0 Å². The highest BCUT2D eigenvalue weighted by atomic mass is 16.4. The summed E-state index contributed by atoms with van der Waals surface area (Å²) in [5.74, 6) is -1.20. The van der Waals surface area contributed by atoms with Crippen molar-refractivity contribution in [1.82, 2.24) is 5.32 Å². The van der Waals surface area contributed by atoms with Gasteiger partial charge in [0.05, 0.1) is 0 Å². The predicted molar refractivity (Wildman–Crippen MR) is 78.3 cm³/mol. The van der Waals surface area contributed by atoms with Gasteiger partial charge in [-0.3, -0.25) is 4.79 Å². The van der Waals surface area contributed by atoms with Crippen LogP contribution in [-0.4, -0.2) is 23.0 Å². The number of carboxylic acid groups (broad SMARTS) is 1. The normalized spacial score (nSPS) is 13.8. The van der Waals surface area contributed by atoms with Crippen LogP contribution in [0.5, 0.6) is 0 Å². The molecule has 4 nitrogen and oxygen atoms in total. The third-order valence-electron chi connectivity index (χ3n) is 3.15. The summed E-state index contributed by atoms with van der Waals surface area (Å²) in [6.07, 6.45) is 1.06. The van der Waals surface area contributed by atoms with Crippen LogP contribution in [-0.2, 0) is 16.0 Å². The van der Waals surface area contributed by atoms with E-state index in [1.807, 2.05) is 51.1 Å². The molecule has 0 saturated heterocycles. The van der Waals surface area contributed by atoms with Crippen molar-refractivity contribution < 1.29 is 14.7 Å². The fourth-order valence-electron chi connectivity index (χ4n) is 2.07. The minimum Gasteiger partial charge on any atom is -0.480 e. The first-order chi connectivity index (χ1) is 9.40. The zero-order chi connectivity index (χ0) is 15.1. The summed E-state index contributed by atoms with van der Waals surface area (Å²) in [7, 11) is 0. The Labute approximate surface area is 120 Å². The number of aliphatic carboxylic acids is 1. The molecule has 20 heavy (non-hydrogen) atoms. The molecule has 1 amide bonds. The van der Waals surface area contributed by atoms with Crippen molar-refractivity contribution >= 4 is 11.9 Å². The number of carboxylic acids is 1. The van der Waals surface area contributed by atoms with Gasteiger partial charge in [-0.05, 0) is 24.3 Å². The lowest BCUT2D eigenvalue weighted by Gasteiger charge is -2.19. The van der Waals surface area contributed by atoms with E-state index in [-0.39, 0.29) is 17.7 Å². The van der Waals surface area contributed by atoms with Crippen LogP contribution >= 0.6 is 0 Å². The van der Waals surface area contributed by atoms with Crippen molar-refractivity contribution in [3.05, 3.63) is 35.9 Å². The Hall–Kier alpha value is -1.84. The molecule has 0 aliphatic rings. The fraction of sp³-hybridized carbons (Fsp3) is 0.500. The molecule has 1 aromatic carbocycles. The van der Waals surface area contributed by atoms with Crippen molar-refractivity contribution in [1.29, 1.82) is 0 Å². The van der Waals surface area contributed by atoms with Crippen molar-refractivity contribution in [3.63, 3.8) is 0 Å². The monoisotopic (exact) mass is 277 g/mol. The quantitative estimate of drug-likeness (QED) is 0.804. The molecule has 2 atom stereocenters. The second-order valence-electron chi connectivity index (χ2n) is 5.62. The lowest BCUT2D eigenvalue weighted by Crippen LogP contribution is -2.44. The molecule has 0 radical (unpaired) electrons. The maximum absolute atomic E-state index is 12.1. The van der Waals surface area contributed by atoms with Crippen molar-refractivity contribution in [2.24, 2.45) is 11.8 Å². The van der Waals surface area contributed by atoms with Gasteiger partial charge in [0.15, 0.2) is 0 Å². The molecule has 0 aromatic heterocycles. The average molecular weight is 277 g/mol. The van der Waals surface area contributed by atoms with Gasteiger partial charge >= 0.3 is 5.97 Å². The molecule has 0 spiro atoms. The maximum atomic E-state index is 12.1. The van der Waals surface area contributed by atoms with Crippen LogP contribution in [0.15, 0.2) is 30.3 Å². The van der Waals surface area contributed by atoms with Gasteiger partial charge in [-0.1, -0.05) is 51.1 Å². The highest BCUT2D eigenvalue weighted by Gasteiger charge is 2.23. The van der Waals surface area contributed by atoms with Crippen LogP contribution in [0.4, 0.5) is 0 Å². The third-order valence-corrected chi connectivity index (χ3v) is 3.15. The molecule has 1 aromatic rings. The largest absolute Gasteiger partial charge is 0.480 e. The Morgan fingerprint density at radius 3 is 2.25 bits per heavy atom. The Morgan fingerprint density at radius 1 is 1.15 bits per heavy atom. The van der Waals surface area contributed by atoms with Gasteiger partial charge in [-0.25, -0.2) is 4.79 Å². The molecule has 4 heteroatoms. The van der Waals surface area contributed by atoms with Crippen LogP contribution in [0.2, 0.25) is 0 Å². The summed E-state index contributed by atoms with van der Waals surface area (Å²) < 4.78 is 0. The van der Waals surface area contributed by atoms with E-state index in [2.05, 4.69) is 5.32 Å². The second kappa shape index (κ2) is 7.68. The van der Waals surface area contributed by atoms with Gasteiger partial charge in [0.2, 0.25) is 5.91 Å². The summed E-state index contributed by atoms with van der Waals surface area (Å²) in [5, 5.41) is 11.8. The highest BCUT2D eigenvalue weighted by molar-refractivity contribution is 5.84. The Balaban J connectivity index is 2.57. The van der Waals surface area contributed by atoms with Gasteiger partial charge in [0.1, 0.15) is 6.04 Å². The molecular formula is C16H23NO3. The van der Waals surface area contributed by atoms with Crippen LogP contribution in [0, 0.1) is 11.8 Å². The number of hydrogen-bond donors (Lipinski definition) is 2. The standard InChI is InChI=1S/C16H23NO3/c1-11(2)9-14(16(19)20)17-15(18)12(3)10-13-7-5-4-6-8-13/h4-8,11-12,14H,9-10H2,1-3H3,(H,17,18)(H,19,20)/t12-,14-/m0/s1. The summed E-state index contributed by atoms with van der Waals surface area (Å²) in [6.45, 7) is 5.70. The van der Waals surface area contributed by atoms with Gasteiger partial charge in [-0.15, -0.1) is 0 Å². The van der Waals surface area contributed by atoms with E-state index in [1.54, 1.807) is 0 Å². The van der Waals surface area contributed by atoms with Crippen molar-refractivity contribution in [3.8, 4) is 0 Å². The molecule has 0 aliphatic heterocycles. The van der Waals surface area contributed by atoms with Crippen LogP contribution in [0.25, 0.3) is 0 Å². The summed E-state index contributed by atoms with van der Waals surface area (Å²) in [5.41, 5.74) is 1.07. The van der Waals surface area contributed by atoms with Crippen molar-refractivity contribution in [2.75, 3.05) is 0 Å². The Morgan fingerprint density at radius 2 is 1.75 bits per heavy atom. The SMILES string of the molecule is CC(C)C[C@H](NC(=O)[C@@H](C)Cc1ccccc1)C(=O)O. The minimum atomic E-state index is -0.973. The molecule has 0 saturated carbocycles. The summed E-state index contributed by atoms with van der Waals surface area (Å²) >= 11 is 0. The molecule has 1 rings (SSSR count). The average Bonchev–Trinajstić information content (AvgIpc) is 2.38. The van der Waals surface area contributed by atoms with Crippen LogP contribution < -0.4 is 5.32 Å². The summed E-state index contributed by atoms with van der Waals surface area (Å²) in [6, 6.07) is 8.91. The first kappa shape index (κ1) is 16.2. The maximum Gasteiger partial charge on any atom is 0.326 e. The fourth-order valence-corrected chi connectivity index (χ4v) is 2.07. The zero-order valence-corrected chi connectivity index (χ0v) is 12.3. The number of benzene rings is 1. The van der Waals surface area contributed by atoms with E-state index in [4.69, 9.17) is 5.11 Å². The highest BCUT2D eigenvalue weighted by Crippen LogP contribution is 2.10. The number of carbonyl (C=O) groups excluding carboxylic acids is 1. The van der Waals surface area contributed by atoms with Gasteiger partial charge < -0.3 is 10.4 Å². The molecule has 0 fully saturated rings. The molecule has 110 valence electrons. The first-order valence-corrected chi connectivity index (χ1v) is 6.97. The van der Waals surface area contributed by atoms with Crippen LogP contribution in [0.1, 0.15) is 32.8 Å². The van der Waals surface area contributed by atoms with E-state index in [9.17, 15) is 9.59 Å². The van der Waals surface area contributed by atoms with Gasteiger partial charge in [0, 0.05) is 5.92 Å². The number of rotatable bonds is 7. The van der Waals surface area contributed by atoms with E-state index in [0.29, 0.717) is 12.8 Å². The van der Waals surface area contributed by atoms with Gasteiger partial charge in [-0.2, -0.15) is 0 Å². The lowest BCUT2D eigenvalue weighted by atomic mass is 9.98. The molecule has 2 N–H and O–H groups in total. The number of hydrogen-bond acceptors (Lipinski definition) is 2. The third kappa shape index (κ3) is 5.43. The van der Waals surface area contributed by atoms with E-state index in [0.717, 1.165) is 5.56 Å². The lowest BCUT2D eigenvalue weighted by molar-refractivity contribution is -0.142. The topological polar surface area (TPSA) is 66.4 Å². The Bertz CT molecular complexity index is 442. The second-order valence-corrected chi connectivity index (χ2v) is 5.62. The molecule has 0 heterocycles. The van der Waals surface area contributed by atoms with E-state index in [1.165, 1.54) is 0 Å². The number of amides is 1. The van der Waals surface area contributed by atoms with Gasteiger partial charge in [0.25, 0.3) is 0 Å². The molecule has 0 bridgehead atoms. The Kier molecular flexibility index (Phi) is 6.22. The smallest absolute Gasteiger partial charge is 0.326 e. The molecule has 0 unspecified atom stereocenters. The predicted octanol–water partition coefficient (Wildman–Crippen LogP) is 2.48. The van der Waals surface area contributed by atoms with Crippen LogP contribution in [0.3, 0.4) is 0 Å². The zero-order valence-electron chi connectivity index (χ0n) is 12.3.